The van der Waals surface area contributed by atoms with Crippen molar-refractivity contribution in [2.24, 2.45) is 5.41 Å². The zero-order chi connectivity index (χ0) is 20.8. The van der Waals surface area contributed by atoms with Crippen LogP contribution >= 0.6 is 0 Å². The second-order valence-electron chi connectivity index (χ2n) is 6.89. The summed E-state index contributed by atoms with van der Waals surface area (Å²) < 4.78 is 0. The summed E-state index contributed by atoms with van der Waals surface area (Å²) in [5, 5.41) is 0. The first-order valence-corrected chi connectivity index (χ1v) is 10.5. The molecule has 0 N–H and O–H groups in total. The maximum Gasteiger partial charge on any atom is 0.0158 e. The number of hydrogen-bond acceptors (Lipinski definition) is 1. The van der Waals surface area contributed by atoms with Crippen molar-refractivity contribution >= 4 is 0 Å². The lowest BCUT2D eigenvalue weighted by Gasteiger charge is -2.42. The van der Waals surface area contributed by atoms with E-state index in [4.69, 9.17) is 0 Å². The molecule has 1 heteroatoms. The summed E-state index contributed by atoms with van der Waals surface area (Å²) in [4.78, 5) is 2.63. The lowest BCUT2D eigenvalue weighted by atomic mass is 9.80. The van der Waals surface area contributed by atoms with Crippen LogP contribution in [0.5, 0.6) is 0 Å². The maximum absolute atomic E-state index is 3.36. The van der Waals surface area contributed by atoms with E-state index in [2.05, 4.69) is 59.9 Å². The van der Waals surface area contributed by atoms with Gasteiger partial charge >= 0.3 is 0 Å². The highest BCUT2D eigenvalue weighted by atomic mass is 15.2. The van der Waals surface area contributed by atoms with Crippen molar-refractivity contribution < 1.29 is 0 Å². The fourth-order valence-electron chi connectivity index (χ4n) is 2.65. The minimum absolute atomic E-state index is 0.335. The third-order valence-corrected chi connectivity index (χ3v) is 2.98. The Hall–Kier alpha value is -0.300. The van der Waals surface area contributed by atoms with Gasteiger partial charge in [0.1, 0.15) is 0 Å². The number of rotatable bonds is 6. The SMILES string of the molecule is C=CC.CC.CC.CC.CCCCN(CC)C(C)(C)CC(C)(C)C. The second kappa shape index (κ2) is 24.9. The molecule has 0 aromatic carbocycles. The standard InChI is InChI=1S/C14H31N.C3H6.3C2H6/c1-8-10-11-15(9-2)14(6,7)12-13(3,4)5;1-3-2;3*1-2/h8-12H2,1-7H3;3H,1H2,2H3;3*1-2H3. The highest BCUT2D eigenvalue weighted by Gasteiger charge is 2.29. The third-order valence-electron chi connectivity index (χ3n) is 2.98. The predicted molar refractivity (Wildman–Crippen MR) is 120 cm³/mol. The van der Waals surface area contributed by atoms with E-state index in [0.29, 0.717) is 11.0 Å². The van der Waals surface area contributed by atoms with Crippen LogP contribution in [0.3, 0.4) is 0 Å². The summed E-state index contributed by atoms with van der Waals surface area (Å²) in [5.74, 6) is 0. The van der Waals surface area contributed by atoms with E-state index >= 15 is 0 Å². The van der Waals surface area contributed by atoms with E-state index in [1.165, 1.54) is 32.4 Å². The molecule has 152 valence electrons. The van der Waals surface area contributed by atoms with Gasteiger partial charge in [-0.05, 0) is 52.1 Å². The molecule has 0 spiro atoms. The molecule has 0 radical (unpaired) electrons. The van der Waals surface area contributed by atoms with Crippen LogP contribution in [0.2, 0.25) is 0 Å². The molecule has 24 heavy (non-hydrogen) atoms. The van der Waals surface area contributed by atoms with Crippen molar-refractivity contribution in [3.05, 3.63) is 12.7 Å². The van der Waals surface area contributed by atoms with Crippen molar-refractivity contribution in [1.29, 1.82) is 0 Å². The van der Waals surface area contributed by atoms with Crippen LogP contribution in [-0.4, -0.2) is 23.5 Å². The molecule has 0 unspecified atom stereocenters. The Labute approximate surface area is 158 Å². The van der Waals surface area contributed by atoms with Crippen LogP contribution in [0, 0.1) is 5.41 Å². The van der Waals surface area contributed by atoms with E-state index in [1.54, 1.807) is 6.08 Å². The second-order valence-corrected chi connectivity index (χ2v) is 6.89. The number of hydrogen-bond donors (Lipinski definition) is 0. The predicted octanol–water partition coefficient (Wildman–Crippen LogP) is 8.59. The Morgan fingerprint density at radius 1 is 0.833 bits per heavy atom. The van der Waals surface area contributed by atoms with Crippen LogP contribution in [0.1, 0.15) is 116 Å². The zero-order valence-electron chi connectivity index (χ0n) is 20.3. The van der Waals surface area contributed by atoms with Gasteiger partial charge in [0.25, 0.3) is 0 Å². The first kappa shape index (κ1) is 34.9. The molecule has 0 saturated heterocycles. The smallest absolute Gasteiger partial charge is 0.0158 e. The van der Waals surface area contributed by atoms with Gasteiger partial charge in [-0.15, -0.1) is 6.58 Å². The normalized spacial score (nSPS) is 9.79. The zero-order valence-corrected chi connectivity index (χ0v) is 20.3. The average Bonchev–Trinajstić information content (AvgIpc) is 2.52. The Morgan fingerprint density at radius 3 is 1.38 bits per heavy atom. The summed E-state index contributed by atoms with van der Waals surface area (Å²) >= 11 is 0. The Morgan fingerprint density at radius 2 is 1.17 bits per heavy atom. The highest BCUT2D eigenvalue weighted by molar-refractivity contribution is 4.85. The van der Waals surface area contributed by atoms with Crippen molar-refractivity contribution in [1.82, 2.24) is 4.90 Å². The van der Waals surface area contributed by atoms with Gasteiger partial charge in [0.15, 0.2) is 0 Å². The van der Waals surface area contributed by atoms with Gasteiger partial charge in [0.05, 0.1) is 0 Å². The van der Waals surface area contributed by atoms with Crippen LogP contribution in [0.25, 0.3) is 0 Å². The average molecular weight is 346 g/mol. The van der Waals surface area contributed by atoms with E-state index < -0.39 is 0 Å². The van der Waals surface area contributed by atoms with Crippen LogP contribution < -0.4 is 0 Å². The van der Waals surface area contributed by atoms with Gasteiger partial charge in [0, 0.05) is 5.54 Å². The number of unbranched alkanes of at least 4 members (excludes halogenated alkanes) is 1. The molecule has 0 aliphatic carbocycles. The molecule has 0 aliphatic rings. The monoisotopic (exact) mass is 345 g/mol. The van der Waals surface area contributed by atoms with Gasteiger partial charge in [-0.3, -0.25) is 4.90 Å². The topological polar surface area (TPSA) is 3.24 Å². The first-order chi connectivity index (χ1) is 11.1. The lowest BCUT2D eigenvalue weighted by Crippen LogP contribution is -2.46. The summed E-state index contributed by atoms with van der Waals surface area (Å²) in [6.07, 6.45) is 5.63. The molecule has 0 aliphatic heterocycles. The summed E-state index contributed by atoms with van der Waals surface area (Å²) in [6, 6.07) is 0. The van der Waals surface area contributed by atoms with Crippen molar-refractivity contribution in [2.75, 3.05) is 13.1 Å². The van der Waals surface area contributed by atoms with Gasteiger partial charge in [0.2, 0.25) is 0 Å². The first-order valence-electron chi connectivity index (χ1n) is 10.5. The molecule has 0 aromatic heterocycles. The molecule has 0 rings (SSSR count). The van der Waals surface area contributed by atoms with Crippen LogP contribution in [0.15, 0.2) is 12.7 Å². The fourth-order valence-corrected chi connectivity index (χ4v) is 2.65. The molecule has 0 aromatic rings. The Kier molecular flexibility index (Phi) is 36.3. The Bertz CT molecular complexity index is 199. The van der Waals surface area contributed by atoms with E-state index in [0.717, 1.165) is 0 Å². The molecule has 0 bridgehead atoms. The van der Waals surface area contributed by atoms with E-state index in [-0.39, 0.29) is 0 Å². The minimum atomic E-state index is 0.335. The van der Waals surface area contributed by atoms with Gasteiger partial charge in [-0.1, -0.05) is 88.7 Å². The van der Waals surface area contributed by atoms with Gasteiger partial charge in [-0.2, -0.15) is 0 Å². The van der Waals surface area contributed by atoms with Gasteiger partial charge < -0.3 is 0 Å². The largest absolute Gasteiger partial charge is 0.298 e. The maximum atomic E-state index is 3.36. The molecular weight excluding hydrogens is 290 g/mol. The molecule has 0 heterocycles. The molecule has 0 amide bonds. The lowest BCUT2D eigenvalue weighted by molar-refractivity contribution is 0.0809. The third kappa shape index (κ3) is 29.7. The number of nitrogens with zero attached hydrogens (tertiary/aromatic N) is 1. The quantitative estimate of drug-likeness (QED) is 0.435. The van der Waals surface area contributed by atoms with Crippen molar-refractivity contribution in [2.45, 2.75) is 122 Å². The summed E-state index contributed by atoms with van der Waals surface area (Å²) in [6.45, 7) is 36.0. The molecule has 0 saturated carbocycles. The number of allylic oxidation sites excluding steroid dienone is 1. The fraction of sp³-hybridized carbons (Fsp3) is 0.913. The van der Waals surface area contributed by atoms with Crippen molar-refractivity contribution in [3.63, 3.8) is 0 Å². The molecular formula is C23H55N. The van der Waals surface area contributed by atoms with Crippen LogP contribution in [0.4, 0.5) is 0 Å². The van der Waals surface area contributed by atoms with E-state index in [1.807, 2.05) is 48.5 Å². The van der Waals surface area contributed by atoms with E-state index in [9.17, 15) is 0 Å². The molecule has 0 atom stereocenters. The van der Waals surface area contributed by atoms with Gasteiger partial charge in [-0.25, -0.2) is 0 Å². The molecule has 1 nitrogen and oxygen atoms in total. The van der Waals surface area contributed by atoms with Crippen molar-refractivity contribution in [3.8, 4) is 0 Å². The summed E-state index contributed by atoms with van der Waals surface area (Å²) in [7, 11) is 0. The highest BCUT2D eigenvalue weighted by Crippen LogP contribution is 2.31. The van der Waals surface area contributed by atoms with Crippen LogP contribution in [-0.2, 0) is 0 Å². The minimum Gasteiger partial charge on any atom is -0.298 e. The Balaban J connectivity index is -0.000000113. The molecule has 0 fully saturated rings. The summed E-state index contributed by atoms with van der Waals surface area (Å²) in [5.41, 5.74) is 0.755.